The number of hydrogen-bond acceptors (Lipinski definition) is 34. The molecule has 0 aromatic heterocycles. The third-order valence-electron chi connectivity index (χ3n) is 24.7. The molecule has 10 aliphatic rings. The van der Waals surface area contributed by atoms with Crippen LogP contribution in [0.4, 0.5) is 0 Å². The second-order valence-electron chi connectivity index (χ2n) is 31.3. The van der Waals surface area contributed by atoms with Crippen LogP contribution in [0.3, 0.4) is 0 Å². The summed E-state index contributed by atoms with van der Waals surface area (Å²) in [6.45, 7) is 10.9. The number of carbonyl (C=O) groups excluding carboxylic acids is 1. The zero-order valence-corrected chi connectivity index (χ0v) is 57.5. The van der Waals surface area contributed by atoms with E-state index in [9.17, 15) is 107 Å². The van der Waals surface area contributed by atoms with E-state index in [1.54, 1.807) is 0 Å². The molecule has 0 aromatic rings. The lowest BCUT2D eigenvalue weighted by Gasteiger charge is -2.65. The Kier molecular flexibility index (Phi) is 25.3. The molecule has 0 aromatic carbocycles. The van der Waals surface area contributed by atoms with Crippen LogP contribution in [0.2, 0.25) is 0 Å². The minimum absolute atomic E-state index is 0.0533. The van der Waals surface area contributed by atoms with Gasteiger partial charge in [0.1, 0.15) is 152 Å². The van der Waals surface area contributed by atoms with E-state index in [0.29, 0.717) is 25.7 Å². The molecule has 6 aliphatic heterocycles. The summed E-state index contributed by atoms with van der Waals surface area (Å²) in [5.41, 5.74) is -3.50. The monoisotopic (exact) mass is 1450 g/mol. The van der Waals surface area contributed by atoms with Crippen LogP contribution in [0.25, 0.3) is 0 Å². The molecule has 6 heterocycles. The Morgan fingerprint density at radius 2 is 0.880 bits per heavy atom. The van der Waals surface area contributed by atoms with Gasteiger partial charge in [-0.2, -0.15) is 0 Å². The highest BCUT2D eigenvalue weighted by Crippen LogP contribution is 2.74. The highest BCUT2D eigenvalue weighted by molar-refractivity contribution is 5.88. The van der Waals surface area contributed by atoms with Gasteiger partial charge in [0.2, 0.25) is 0 Å². The van der Waals surface area contributed by atoms with E-state index in [-0.39, 0.29) is 42.3 Å². The highest BCUT2D eigenvalue weighted by Gasteiger charge is 2.71. The number of rotatable bonds is 23. The summed E-state index contributed by atoms with van der Waals surface area (Å²) in [6.07, 6.45) is -48.7. The van der Waals surface area contributed by atoms with Crippen molar-refractivity contribution in [2.75, 3.05) is 39.6 Å². The maximum Gasteiger partial charge on any atom is 0.187 e. The molecule has 0 bridgehead atoms. The van der Waals surface area contributed by atoms with Gasteiger partial charge >= 0.3 is 0 Å². The van der Waals surface area contributed by atoms with Crippen molar-refractivity contribution in [2.45, 2.75) is 309 Å². The van der Waals surface area contributed by atoms with E-state index in [2.05, 4.69) is 33.8 Å². The number of aliphatic hydroxyl groups is 21. The number of ether oxygens (including phenoxy) is 12. The van der Waals surface area contributed by atoms with Gasteiger partial charge in [-0.1, -0.05) is 53.2 Å². The van der Waals surface area contributed by atoms with Crippen LogP contribution in [0.1, 0.15) is 107 Å². The van der Waals surface area contributed by atoms with Crippen LogP contribution in [-0.4, -0.2) is 355 Å². The fraction of sp³-hybridized carbons (Fsp3) is 0.955. The standard InChI is InChI=1S/C66H110O34/c1-24(9-13-37(63(4,5)88)98-61-55(100-59-53(87)47(81)41(75)31(21-70)94-59)49(83)43(77)33(96-61)23-90-57-51(85)45(79)39(73)29(19-68)92-57)25-15-16-64(6)34-12-10-26-27(66(34,8)35(71)17-65(25,64)7)11-14-36(62(26,2)3)97-60-54(99-58-52(86)46(80)40(74)30(20-69)93-58)48(82)42(76)32(95-60)22-89-56-50(84)44(78)38(72)28(18-67)91-56/h10,24-25,27-34,36-61,67-70,72-88H,9,11-23H2,1-8H3. The summed E-state index contributed by atoms with van der Waals surface area (Å²) < 4.78 is 71.8. The van der Waals surface area contributed by atoms with Crippen LogP contribution in [0.5, 0.6) is 0 Å². The van der Waals surface area contributed by atoms with Gasteiger partial charge in [0.25, 0.3) is 0 Å². The van der Waals surface area contributed by atoms with Crippen molar-refractivity contribution in [2.24, 2.45) is 45.3 Å². The van der Waals surface area contributed by atoms with Crippen LogP contribution in [0, 0.1) is 45.3 Å². The zero-order valence-electron chi connectivity index (χ0n) is 57.5. The SMILES string of the molecule is CC(CCC(OC1OC(COC2OC(CO)C(O)C(O)C2O)C(O)C(O)C1OC1OC(CO)C(O)C(O)C1O)C(C)(C)O)C1CCC2(C)C3CC=C4C(CCC(OC5OC(COC6OC(CO)C(O)C(O)C6O)C(O)C(O)C5OC5OC(CO)C(O)C(O)C5O)C4(C)C)C3(C)C(=O)CC12C. The average molecular weight is 1450 g/mol. The lowest BCUT2D eigenvalue weighted by atomic mass is 9.38. The molecule has 578 valence electrons. The molecule has 6 saturated heterocycles. The van der Waals surface area contributed by atoms with E-state index in [0.717, 1.165) is 18.4 Å². The van der Waals surface area contributed by atoms with E-state index in [1.807, 2.05) is 13.8 Å². The molecule has 39 atom stereocenters. The molecule has 100 heavy (non-hydrogen) atoms. The zero-order chi connectivity index (χ0) is 73.5. The second-order valence-corrected chi connectivity index (χ2v) is 31.3. The summed E-state index contributed by atoms with van der Waals surface area (Å²) in [4.78, 5) is 15.6. The maximum atomic E-state index is 15.6. The van der Waals surface area contributed by atoms with E-state index < -0.39 is 263 Å². The molecule has 3 saturated carbocycles. The molecule has 34 nitrogen and oxygen atoms in total. The summed E-state index contributed by atoms with van der Waals surface area (Å²) >= 11 is 0. The molecule has 39 unspecified atom stereocenters. The first kappa shape index (κ1) is 80.6. The lowest BCUT2D eigenvalue weighted by molar-refractivity contribution is -0.380. The summed E-state index contributed by atoms with van der Waals surface area (Å²) in [7, 11) is 0. The Hall–Kier alpha value is -1.91. The second kappa shape index (κ2) is 31.4. The lowest BCUT2D eigenvalue weighted by Crippen LogP contribution is -2.66. The Labute approximate surface area is 578 Å². The smallest absolute Gasteiger partial charge is 0.187 e. The molecule has 21 N–H and O–H groups in total. The minimum Gasteiger partial charge on any atom is -0.394 e. The van der Waals surface area contributed by atoms with Crippen LogP contribution >= 0.6 is 0 Å². The molecule has 4 aliphatic carbocycles. The number of carbonyl (C=O) groups is 1. The van der Waals surface area contributed by atoms with E-state index >= 15 is 4.79 Å². The van der Waals surface area contributed by atoms with Gasteiger partial charge in [-0.3, -0.25) is 4.79 Å². The van der Waals surface area contributed by atoms with Crippen LogP contribution in [-0.2, 0) is 61.6 Å². The van der Waals surface area contributed by atoms with Gasteiger partial charge < -0.3 is 164 Å². The first-order valence-electron chi connectivity index (χ1n) is 34.9. The van der Waals surface area contributed by atoms with Crippen molar-refractivity contribution < 1.29 is 169 Å². The van der Waals surface area contributed by atoms with Gasteiger partial charge in [0.05, 0.1) is 57.5 Å². The van der Waals surface area contributed by atoms with Crippen molar-refractivity contribution >= 4 is 5.78 Å². The molecule has 0 amide bonds. The van der Waals surface area contributed by atoms with Gasteiger partial charge in [-0.25, -0.2) is 0 Å². The quantitative estimate of drug-likeness (QED) is 0.0423. The predicted octanol–water partition coefficient (Wildman–Crippen LogP) is -7.38. The van der Waals surface area contributed by atoms with E-state index in [1.165, 1.54) is 13.8 Å². The summed E-state index contributed by atoms with van der Waals surface area (Å²) in [5.74, 6) is -0.546. The molecule has 0 spiro atoms. The fourth-order valence-electron chi connectivity index (χ4n) is 18.2. The van der Waals surface area contributed by atoms with Gasteiger partial charge in [0, 0.05) is 17.3 Å². The number of allylic oxidation sites excluding steroid dienone is 1. The van der Waals surface area contributed by atoms with Crippen LogP contribution < -0.4 is 0 Å². The van der Waals surface area contributed by atoms with Crippen molar-refractivity contribution in [3.8, 4) is 0 Å². The third kappa shape index (κ3) is 14.7. The van der Waals surface area contributed by atoms with E-state index in [4.69, 9.17) is 56.8 Å². The number of Topliss-reactive ketones (excluding diaryl/α,β-unsaturated/α-hetero) is 1. The molecule has 10 rings (SSSR count). The van der Waals surface area contributed by atoms with Gasteiger partial charge in [-0.15, -0.1) is 0 Å². The fourth-order valence-corrected chi connectivity index (χ4v) is 18.2. The molecule has 34 heteroatoms. The number of aliphatic hydroxyl groups excluding tert-OH is 20. The minimum atomic E-state index is -1.99. The summed E-state index contributed by atoms with van der Waals surface area (Å²) in [6, 6.07) is 0. The first-order valence-corrected chi connectivity index (χ1v) is 34.9. The molecular weight excluding hydrogens is 1340 g/mol. The Bertz CT molecular complexity index is 2720. The van der Waals surface area contributed by atoms with Crippen molar-refractivity contribution in [3.63, 3.8) is 0 Å². The molecule has 0 radical (unpaired) electrons. The third-order valence-corrected chi connectivity index (χ3v) is 24.7. The predicted molar refractivity (Wildman–Crippen MR) is 332 cm³/mol. The summed E-state index contributed by atoms with van der Waals surface area (Å²) in [5, 5.41) is 226. The average Bonchev–Trinajstić information content (AvgIpc) is 1.33. The van der Waals surface area contributed by atoms with Crippen LogP contribution in [0.15, 0.2) is 11.6 Å². The largest absolute Gasteiger partial charge is 0.394 e. The van der Waals surface area contributed by atoms with Crippen molar-refractivity contribution in [1.29, 1.82) is 0 Å². The number of hydrogen-bond donors (Lipinski definition) is 21. The Morgan fingerprint density at radius 1 is 0.480 bits per heavy atom. The van der Waals surface area contributed by atoms with Crippen molar-refractivity contribution in [1.82, 2.24) is 0 Å². The normalized spacial score (nSPS) is 51.3. The number of ketones is 1. The molecule has 9 fully saturated rings. The topological polar surface area (TPSA) is 553 Å². The Morgan fingerprint density at radius 3 is 1.32 bits per heavy atom. The maximum absolute atomic E-state index is 15.6. The van der Waals surface area contributed by atoms with Crippen molar-refractivity contribution in [3.05, 3.63) is 11.6 Å². The Balaban J connectivity index is 0.853. The van der Waals surface area contributed by atoms with Gasteiger partial charge in [-0.05, 0) is 93.3 Å². The number of fused-ring (bicyclic) bond motifs is 5. The van der Waals surface area contributed by atoms with Gasteiger partial charge in [0.15, 0.2) is 37.7 Å². The highest BCUT2D eigenvalue weighted by atomic mass is 16.8. The molecular formula is C66H110O34. The first-order chi connectivity index (χ1) is 46.9.